The molecule has 31 heavy (non-hydrogen) atoms. The van der Waals surface area contributed by atoms with E-state index in [2.05, 4.69) is 10.0 Å². The molecule has 3 rings (SSSR count). The van der Waals surface area contributed by atoms with Crippen LogP contribution in [0, 0.1) is 11.6 Å². The van der Waals surface area contributed by atoms with Gasteiger partial charge in [0.15, 0.2) is 0 Å². The van der Waals surface area contributed by atoms with Gasteiger partial charge in [-0.25, -0.2) is 21.9 Å². The molecule has 0 radical (unpaired) electrons. The van der Waals surface area contributed by atoms with Crippen LogP contribution in [0.1, 0.15) is 30.5 Å². The summed E-state index contributed by atoms with van der Waals surface area (Å²) < 4.78 is 54.7. The van der Waals surface area contributed by atoms with Crippen LogP contribution in [0.5, 0.6) is 0 Å². The average molecular weight is 445 g/mol. The highest BCUT2D eigenvalue weighted by Gasteiger charge is 2.18. The summed E-state index contributed by atoms with van der Waals surface area (Å²) in [6.45, 7) is 1.77. The molecule has 0 saturated heterocycles. The van der Waals surface area contributed by atoms with Gasteiger partial charge >= 0.3 is 0 Å². The predicted octanol–water partition coefficient (Wildman–Crippen LogP) is 4.58. The van der Waals surface area contributed by atoms with Crippen molar-refractivity contribution in [1.82, 2.24) is 4.72 Å². The van der Waals surface area contributed by atoms with Gasteiger partial charge in [-0.2, -0.15) is 0 Å². The molecule has 2 N–H and O–H groups in total. The van der Waals surface area contributed by atoms with E-state index in [-0.39, 0.29) is 17.0 Å². The van der Waals surface area contributed by atoms with Crippen LogP contribution >= 0.6 is 0 Å². The van der Waals surface area contributed by atoms with E-state index in [1.54, 1.807) is 19.1 Å². The van der Waals surface area contributed by atoms with Gasteiger partial charge in [0, 0.05) is 18.5 Å². The van der Waals surface area contributed by atoms with Crippen molar-refractivity contribution in [1.29, 1.82) is 0 Å². The highest BCUT2D eigenvalue weighted by atomic mass is 32.2. The predicted molar refractivity (Wildman–Crippen MR) is 115 cm³/mol. The van der Waals surface area contributed by atoms with Gasteiger partial charge in [-0.05, 0) is 48.7 Å². The lowest BCUT2D eigenvalue weighted by Gasteiger charge is -2.15. The molecule has 8 heteroatoms. The maximum atomic E-state index is 13.6. The van der Waals surface area contributed by atoms with Gasteiger partial charge in [0.05, 0.1) is 10.6 Å². The Balaban J connectivity index is 1.58. The summed E-state index contributed by atoms with van der Waals surface area (Å²) in [7, 11) is -3.71. The van der Waals surface area contributed by atoms with Crippen molar-refractivity contribution < 1.29 is 22.0 Å². The molecule has 0 spiro atoms. The van der Waals surface area contributed by atoms with Crippen molar-refractivity contribution in [3.63, 3.8) is 0 Å². The molecule has 0 saturated carbocycles. The minimum absolute atomic E-state index is 0.0331. The van der Waals surface area contributed by atoms with Crippen LogP contribution in [0.15, 0.2) is 77.7 Å². The largest absolute Gasteiger partial charge is 0.324 e. The van der Waals surface area contributed by atoms with Gasteiger partial charge in [-0.15, -0.1) is 0 Å². The van der Waals surface area contributed by atoms with Gasteiger partial charge in [0.25, 0.3) is 0 Å². The Bertz CT molecular complexity index is 1150. The quantitative estimate of drug-likeness (QED) is 0.534. The van der Waals surface area contributed by atoms with Gasteiger partial charge in [0.1, 0.15) is 11.6 Å². The molecule has 0 bridgehead atoms. The number of anilines is 1. The zero-order chi connectivity index (χ0) is 22.4. The van der Waals surface area contributed by atoms with Crippen LogP contribution < -0.4 is 10.0 Å². The fourth-order valence-electron chi connectivity index (χ4n) is 3.01. The molecule has 3 aromatic rings. The Morgan fingerprint density at radius 1 is 0.968 bits per heavy atom. The Morgan fingerprint density at radius 3 is 2.32 bits per heavy atom. The minimum Gasteiger partial charge on any atom is -0.324 e. The Labute approximate surface area is 180 Å². The number of rotatable bonds is 8. The molecule has 0 aromatic heterocycles. The monoisotopic (exact) mass is 444 g/mol. The number of hydrogen-bond donors (Lipinski definition) is 2. The van der Waals surface area contributed by atoms with Crippen molar-refractivity contribution in [2.75, 3.05) is 5.32 Å². The summed E-state index contributed by atoms with van der Waals surface area (Å²) in [5.74, 6) is -1.84. The Morgan fingerprint density at radius 2 is 1.65 bits per heavy atom. The minimum atomic E-state index is -3.71. The lowest BCUT2D eigenvalue weighted by atomic mass is 10.1. The second-order valence-corrected chi connectivity index (χ2v) is 8.78. The second kappa shape index (κ2) is 9.80. The van der Waals surface area contributed by atoms with Gasteiger partial charge < -0.3 is 5.32 Å². The number of hydrogen-bond acceptors (Lipinski definition) is 3. The average Bonchev–Trinajstić information content (AvgIpc) is 2.75. The summed E-state index contributed by atoms with van der Waals surface area (Å²) in [4.78, 5) is 12.1. The lowest BCUT2D eigenvalue weighted by molar-refractivity contribution is -0.116. The van der Waals surface area contributed by atoms with Gasteiger partial charge in [0.2, 0.25) is 15.9 Å². The molecule has 3 aromatic carbocycles. The molecule has 1 amide bonds. The summed E-state index contributed by atoms with van der Waals surface area (Å²) in [6.07, 6.45) is 0.349. The second-order valence-electron chi connectivity index (χ2n) is 7.07. The fraction of sp³-hybridized carbons (Fsp3) is 0.174. The first kappa shape index (κ1) is 22.6. The summed E-state index contributed by atoms with van der Waals surface area (Å²) in [5.41, 5.74) is 1.37. The number of nitrogens with one attached hydrogen (secondary N) is 2. The van der Waals surface area contributed by atoms with Gasteiger partial charge in [-0.3, -0.25) is 4.79 Å². The molecule has 0 heterocycles. The Hall–Kier alpha value is -3.10. The number of sulfonamides is 1. The van der Waals surface area contributed by atoms with Crippen molar-refractivity contribution in [3.8, 4) is 0 Å². The maximum Gasteiger partial charge on any atom is 0.241 e. The molecule has 1 atom stereocenters. The van der Waals surface area contributed by atoms with E-state index in [0.29, 0.717) is 6.42 Å². The summed E-state index contributed by atoms with van der Waals surface area (Å²) in [5, 5.41) is 2.33. The number of halogens is 2. The van der Waals surface area contributed by atoms with Crippen LogP contribution in [0.3, 0.4) is 0 Å². The molecule has 0 unspecified atom stereocenters. The van der Waals surface area contributed by atoms with Crippen molar-refractivity contribution in [2.24, 2.45) is 0 Å². The van der Waals surface area contributed by atoms with Crippen LogP contribution in [0.2, 0.25) is 0 Å². The first-order valence-electron chi connectivity index (χ1n) is 9.66. The third kappa shape index (κ3) is 6.19. The summed E-state index contributed by atoms with van der Waals surface area (Å²) >= 11 is 0. The number of carbonyl (C=O) groups excluding carboxylic acids is 1. The Kier molecular flexibility index (Phi) is 7.14. The first-order chi connectivity index (χ1) is 14.7. The SMILES string of the molecule is C[C@H](NS(=O)(=O)c1ccc(CCC(=O)Nc2cc(F)ccc2F)cc1)c1ccccc1. The van der Waals surface area contributed by atoms with E-state index < -0.39 is 33.6 Å². The lowest BCUT2D eigenvalue weighted by Crippen LogP contribution is -2.26. The van der Waals surface area contributed by atoms with Gasteiger partial charge in [-0.1, -0.05) is 42.5 Å². The molecule has 5 nitrogen and oxygen atoms in total. The molecular weight excluding hydrogens is 422 g/mol. The number of amides is 1. The number of benzene rings is 3. The van der Waals surface area contributed by atoms with E-state index in [9.17, 15) is 22.0 Å². The molecule has 0 fully saturated rings. The molecule has 0 aliphatic heterocycles. The highest BCUT2D eigenvalue weighted by Crippen LogP contribution is 2.19. The summed E-state index contributed by atoms with van der Waals surface area (Å²) in [6, 6.07) is 17.9. The fourth-order valence-corrected chi connectivity index (χ4v) is 4.24. The highest BCUT2D eigenvalue weighted by molar-refractivity contribution is 7.89. The van der Waals surface area contributed by atoms with Crippen molar-refractivity contribution in [2.45, 2.75) is 30.7 Å². The van der Waals surface area contributed by atoms with E-state index in [4.69, 9.17) is 0 Å². The van der Waals surface area contributed by atoms with E-state index >= 15 is 0 Å². The van der Waals surface area contributed by atoms with Crippen LogP contribution in [-0.2, 0) is 21.2 Å². The van der Waals surface area contributed by atoms with E-state index in [1.165, 1.54) is 12.1 Å². The first-order valence-corrected chi connectivity index (χ1v) is 11.1. The topological polar surface area (TPSA) is 75.3 Å². The van der Waals surface area contributed by atoms with E-state index in [0.717, 1.165) is 29.3 Å². The maximum absolute atomic E-state index is 13.6. The normalized spacial score (nSPS) is 12.4. The zero-order valence-corrected chi connectivity index (χ0v) is 17.6. The zero-order valence-electron chi connectivity index (χ0n) is 16.8. The number of carbonyl (C=O) groups is 1. The van der Waals surface area contributed by atoms with E-state index in [1.807, 2.05) is 30.3 Å². The van der Waals surface area contributed by atoms with Crippen LogP contribution in [0.4, 0.5) is 14.5 Å². The third-order valence-corrected chi connectivity index (χ3v) is 6.27. The molecular formula is C23H22F2N2O3S. The van der Waals surface area contributed by atoms with Crippen LogP contribution in [-0.4, -0.2) is 14.3 Å². The van der Waals surface area contributed by atoms with Crippen molar-refractivity contribution >= 4 is 21.6 Å². The smallest absolute Gasteiger partial charge is 0.241 e. The standard InChI is InChI=1S/C23H22F2N2O3S/c1-16(18-5-3-2-4-6-18)27-31(29,30)20-11-7-17(8-12-20)9-14-23(28)26-22-15-19(24)10-13-21(22)25/h2-8,10-13,15-16,27H,9,14H2,1H3,(H,26,28)/t16-/m0/s1. The molecule has 162 valence electrons. The van der Waals surface area contributed by atoms with Crippen LogP contribution in [0.25, 0.3) is 0 Å². The molecule has 0 aliphatic rings. The third-order valence-electron chi connectivity index (χ3n) is 4.71. The number of aryl methyl sites for hydroxylation is 1. The van der Waals surface area contributed by atoms with Crippen molar-refractivity contribution in [3.05, 3.63) is 95.6 Å². The molecule has 0 aliphatic carbocycles.